The van der Waals surface area contributed by atoms with Gasteiger partial charge in [-0.2, -0.15) is 9.78 Å². The molecule has 0 aliphatic rings. The Morgan fingerprint density at radius 3 is 2.69 bits per heavy atom. The van der Waals surface area contributed by atoms with Crippen LogP contribution in [0.15, 0.2) is 52.3 Å². The molecular formula is C24H24N6O5. The first kappa shape index (κ1) is 23.6. The van der Waals surface area contributed by atoms with Crippen molar-refractivity contribution in [2.45, 2.75) is 33.7 Å². The maximum Gasteiger partial charge on any atom is 0.343 e. The van der Waals surface area contributed by atoms with E-state index in [0.29, 0.717) is 5.82 Å². The van der Waals surface area contributed by atoms with Gasteiger partial charge in [-0.25, -0.2) is 14.6 Å². The highest BCUT2D eigenvalue weighted by atomic mass is 16.5. The number of pyridine rings is 1. The van der Waals surface area contributed by atoms with E-state index in [1.54, 1.807) is 6.92 Å². The van der Waals surface area contributed by atoms with E-state index in [1.165, 1.54) is 27.7 Å². The number of carbonyl (C=O) groups is 2. The summed E-state index contributed by atoms with van der Waals surface area (Å²) in [5.74, 6) is -0.571. The predicted molar refractivity (Wildman–Crippen MR) is 129 cm³/mol. The molecule has 0 bridgehead atoms. The molecule has 3 aromatic heterocycles. The van der Waals surface area contributed by atoms with E-state index < -0.39 is 23.1 Å². The molecule has 35 heavy (non-hydrogen) atoms. The Morgan fingerprint density at radius 1 is 1.14 bits per heavy atom. The highest BCUT2D eigenvalue weighted by Gasteiger charge is 2.22. The Labute approximate surface area is 199 Å². The van der Waals surface area contributed by atoms with Crippen molar-refractivity contribution >= 4 is 28.6 Å². The number of hydrogen-bond donors (Lipinski definition) is 2. The molecule has 0 saturated carbocycles. The van der Waals surface area contributed by atoms with Crippen LogP contribution in [-0.2, 0) is 16.1 Å². The third-order valence-electron chi connectivity index (χ3n) is 5.45. The van der Waals surface area contributed by atoms with Crippen molar-refractivity contribution in [3.05, 3.63) is 80.3 Å². The van der Waals surface area contributed by atoms with Crippen LogP contribution in [0, 0.1) is 13.8 Å². The largest absolute Gasteiger partial charge is 0.462 e. The fourth-order valence-electron chi connectivity index (χ4n) is 3.69. The fraction of sp³-hybridized carbons (Fsp3) is 0.250. The number of nitrogens with zero attached hydrogens (tertiary/aromatic N) is 4. The molecule has 0 fully saturated rings. The number of carbonyl (C=O) groups excluding carboxylic acids is 2. The van der Waals surface area contributed by atoms with Crippen LogP contribution in [0.25, 0.3) is 16.7 Å². The molecule has 0 aliphatic carbocycles. The Bertz CT molecular complexity index is 1550. The number of hydrogen-bond acceptors (Lipinski definition) is 7. The number of aryl methyl sites for hydroxylation is 3. The van der Waals surface area contributed by atoms with Crippen LogP contribution in [-0.4, -0.2) is 42.8 Å². The van der Waals surface area contributed by atoms with Gasteiger partial charge in [0.05, 0.1) is 18.3 Å². The highest BCUT2D eigenvalue weighted by molar-refractivity contribution is 6.00. The molecule has 4 aromatic rings. The predicted octanol–water partition coefficient (Wildman–Crippen LogP) is 2.09. The Balaban J connectivity index is 1.69. The fourth-order valence-corrected chi connectivity index (χ4v) is 3.69. The lowest BCUT2D eigenvalue weighted by molar-refractivity contribution is -0.116. The van der Waals surface area contributed by atoms with Gasteiger partial charge in [0.1, 0.15) is 5.56 Å². The lowest BCUT2D eigenvalue weighted by Gasteiger charge is -2.13. The van der Waals surface area contributed by atoms with Crippen molar-refractivity contribution in [1.29, 1.82) is 0 Å². The molecule has 11 heteroatoms. The van der Waals surface area contributed by atoms with Crippen molar-refractivity contribution in [3.8, 4) is 5.82 Å². The minimum atomic E-state index is -0.639. The molecule has 0 unspecified atom stereocenters. The van der Waals surface area contributed by atoms with Gasteiger partial charge in [0, 0.05) is 30.6 Å². The van der Waals surface area contributed by atoms with E-state index in [2.05, 4.69) is 15.4 Å². The normalized spacial score (nSPS) is 10.9. The van der Waals surface area contributed by atoms with Gasteiger partial charge in [0.15, 0.2) is 11.6 Å². The number of anilines is 1. The van der Waals surface area contributed by atoms with Crippen LogP contribution in [0.5, 0.6) is 0 Å². The van der Waals surface area contributed by atoms with Gasteiger partial charge in [-0.1, -0.05) is 18.2 Å². The Morgan fingerprint density at radius 2 is 1.94 bits per heavy atom. The summed E-state index contributed by atoms with van der Waals surface area (Å²) in [5, 5.41) is 8.01. The number of benzene rings is 1. The number of para-hydroxylation sites is 1. The molecule has 0 aliphatic heterocycles. The second-order valence-electron chi connectivity index (χ2n) is 7.91. The van der Waals surface area contributed by atoms with Crippen LogP contribution >= 0.6 is 0 Å². The lowest BCUT2D eigenvalue weighted by Crippen LogP contribution is -2.30. The third kappa shape index (κ3) is 4.88. The summed E-state index contributed by atoms with van der Waals surface area (Å²) in [6.07, 6.45) is 2.54. The van der Waals surface area contributed by atoms with Crippen LogP contribution in [0.2, 0.25) is 0 Å². The Kier molecular flexibility index (Phi) is 6.58. The zero-order chi connectivity index (χ0) is 25.1. The summed E-state index contributed by atoms with van der Waals surface area (Å²) in [4.78, 5) is 55.3. The van der Waals surface area contributed by atoms with E-state index >= 15 is 0 Å². The van der Waals surface area contributed by atoms with Gasteiger partial charge in [-0.3, -0.25) is 14.6 Å². The number of esters is 1. The van der Waals surface area contributed by atoms with Crippen molar-refractivity contribution in [1.82, 2.24) is 24.3 Å². The minimum Gasteiger partial charge on any atom is -0.462 e. The van der Waals surface area contributed by atoms with E-state index in [0.717, 1.165) is 22.0 Å². The monoisotopic (exact) mass is 476 g/mol. The first-order valence-electron chi connectivity index (χ1n) is 11.0. The van der Waals surface area contributed by atoms with Gasteiger partial charge in [-0.15, -0.1) is 0 Å². The first-order valence-corrected chi connectivity index (χ1v) is 11.0. The molecule has 1 aromatic carbocycles. The number of aromatic amines is 1. The second-order valence-corrected chi connectivity index (χ2v) is 7.91. The maximum absolute atomic E-state index is 12.8. The number of ether oxygens (including phenoxy) is 1. The van der Waals surface area contributed by atoms with E-state index in [4.69, 9.17) is 9.72 Å². The average Bonchev–Trinajstić information content (AvgIpc) is 3.22. The molecule has 4 rings (SSSR count). The van der Waals surface area contributed by atoms with E-state index in [-0.39, 0.29) is 31.0 Å². The van der Waals surface area contributed by atoms with Crippen molar-refractivity contribution < 1.29 is 14.3 Å². The summed E-state index contributed by atoms with van der Waals surface area (Å²) in [6.45, 7) is 5.76. The smallest absolute Gasteiger partial charge is 0.343 e. The molecular weight excluding hydrogens is 452 g/mol. The molecule has 2 N–H and O–H groups in total. The van der Waals surface area contributed by atoms with Crippen LogP contribution in [0.1, 0.15) is 34.8 Å². The summed E-state index contributed by atoms with van der Waals surface area (Å²) in [7, 11) is 0. The average molecular weight is 476 g/mol. The zero-order valence-electron chi connectivity index (χ0n) is 19.5. The number of nitrogens with one attached hydrogen (secondary N) is 2. The summed E-state index contributed by atoms with van der Waals surface area (Å²) in [5.41, 5.74) is 1.65. The van der Waals surface area contributed by atoms with Gasteiger partial charge in [0.25, 0.3) is 5.56 Å². The van der Waals surface area contributed by atoms with Gasteiger partial charge in [-0.05, 0) is 38.0 Å². The number of aromatic nitrogens is 5. The van der Waals surface area contributed by atoms with Gasteiger partial charge in [0.2, 0.25) is 5.91 Å². The molecule has 180 valence electrons. The maximum atomic E-state index is 12.8. The number of amides is 1. The van der Waals surface area contributed by atoms with Crippen molar-refractivity contribution in [3.63, 3.8) is 0 Å². The number of H-pyrrole nitrogens is 1. The molecule has 0 atom stereocenters. The molecule has 0 spiro atoms. The third-order valence-corrected chi connectivity index (χ3v) is 5.45. The highest BCUT2D eigenvalue weighted by Crippen LogP contribution is 2.26. The Hall–Kier alpha value is -4.54. The molecule has 0 radical (unpaired) electrons. The van der Waals surface area contributed by atoms with Crippen LogP contribution < -0.4 is 16.6 Å². The number of fused-ring (bicyclic) bond motifs is 1. The topological polar surface area (TPSA) is 141 Å². The number of rotatable bonds is 7. The summed E-state index contributed by atoms with van der Waals surface area (Å²) >= 11 is 0. The molecule has 1 amide bonds. The molecule has 3 heterocycles. The minimum absolute atomic E-state index is 0.0247. The van der Waals surface area contributed by atoms with Crippen molar-refractivity contribution in [2.24, 2.45) is 0 Å². The first-order chi connectivity index (χ1) is 16.8. The van der Waals surface area contributed by atoms with Crippen LogP contribution in [0.4, 0.5) is 5.82 Å². The zero-order valence-corrected chi connectivity index (χ0v) is 19.5. The van der Waals surface area contributed by atoms with Gasteiger partial charge < -0.3 is 14.6 Å². The van der Waals surface area contributed by atoms with Crippen LogP contribution in [0.3, 0.4) is 0 Å². The van der Waals surface area contributed by atoms with E-state index in [9.17, 15) is 19.2 Å². The molecule has 0 saturated heterocycles. The second kappa shape index (κ2) is 9.75. The van der Waals surface area contributed by atoms with E-state index in [1.807, 2.05) is 38.1 Å². The SMILES string of the molecule is CCOC(=O)c1cnn(-c2cc(C)c3cccc(C)c3n2)c1NC(=O)CCn1ccc(=O)[nH]c1=O. The quantitative estimate of drug-likeness (QED) is 0.389. The molecule has 11 nitrogen and oxygen atoms in total. The standard InChI is InChI=1S/C24H24N6O5/c1-4-35-23(33)17-13-25-30(18-12-15(3)16-7-5-6-14(2)21(16)26-18)22(17)27-19(31)8-10-29-11-9-20(32)28-24(29)34/h5-7,9,11-13H,4,8,10H2,1-3H3,(H,27,31)(H,28,32,34). The van der Waals surface area contributed by atoms with Gasteiger partial charge >= 0.3 is 11.7 Å². The van der Waals surface area contributed by atoms with Crippen molar-refractivity contribution in [2.75, 3.05) is 11.9 Å². The summed E-state index contributed by atoms with van der Waals surface area (Å²) in [6, 6.07) is 8.90. The lowest BCUT2D eigenvalue weighted by atomic mass is 10.1. The summed E-state index contributed by atoms with van der Waals surface area (Å²) < 4.78 is 7.72.